The van der Waals surface area contributed by atoms with Crippen molar-refractivity contribution in [1.29, 1.82) is 0 Å². The van der Waals surface area contributed by atoms with Crippen LogP contribution in [0.3, 0.4) is 0 Å². The van der Waals surface area contributed by atoms with Crippen LogP contribution < -0.4 is 10.6 Å². The van der Waals surface area contributed by atoms with Crippen LogP contribution in [0.25, 0.3) is 0 Å². The first-order valence-corrected chi connectivity index (χ1v) is 9.69. The van der Waals surface area contributed by atoms with Crippen molar-refractivity contribution in [3.63, 3.8) is 0 Å². The van der Waals surface area contributed by atoms with Gasteiger partial charge in [-0.15, -0.1) is 0 Å². The van der Waals surface area contributed by atoms with E-state index in [1.165, 1.54) is 5.56 Å². The lowest BCUT2D eigenvalue weighted by molar-refractivity contribution is 0.176. The second kappa shape index (κ2) is 10.1. The van der Waals surface area contributed by atoms with Crippen LogP contribution in [-0.2, 0) is 13.1 Å². The Hall–Kier alpha value is -2.40. The van der Waals surface area contributed by atoms with Gasteiger partial charge in [-0.25, -0.2) is 4.39 Å². The van der Waals surface area contributed by atoms with E-state index < -0.39 is 0 Å². The number of nitrogens with one attached hydrogen (secondary N) is 2. The number of halogens is 1. The van der Waals surface area contributed by atoms with Gasteiger partial charge >= 0.3 is 0 Å². The predicted octanol–water partition coefficient (Wildman–Crippen LogP) is 3.40. The second-order valence-corrected chi connectivity index (χ2v) is 7.10. The molecule has 0 aromatic heterocycles. The number of benzene rings is 2. The van der Waals surface area contributed by atoms with Crippen molar-refractivity contribution >= 4 is 5.96 Å². The number of nitrogens with zero attached hydrogens (tertiary/aromatic N) is 2. The molecule has 0 amide bonds. The average Bonchev–Trinajstić information content (AvgIpc) is 2.72. The molecule has 144 valence electrons. The summed E-state index contributed by atoms with van der Waals surface area (Å²) >= 11 is 0. The van der Waals surface area contributed by atoms with Gasteiger partial charge in [0.1, 0.15) is 5.82 Å². The molecule has 1 fully saturated rings. The van der Waals surface area contributed by atoms with E-state index in [1.54, 1.807) is 19.2 Å². The van der Waals surface area contributed by atoms with Crippen molar-refractivity contribution < 1.29 is 4.39 Å². The summed E-state index contributed by atoms with van der Waals surface area (Å²) in [5.74, 6) is 1.36. The summed E-state index contributed by atoms with van der Waals surface area (Å²) < 4.78 is 13.8. The molecular formula is C22H29FN4. The number of piperidine rings is 1. The zero-order chi connectivity index (χ0) is 18.9. The lowest BCUT2D eigenvalue weighted by Gasteiger charge is -2.32. The third-order valence-corrected chi connectivity index (χ3v) is 5.14. The molecule has 5 heteroatoms. The lowest BCUT2D eigenvalue weighted by atomic mass is 9.96. The molecule has 1 aliphatic rings. The van der Waals surface area contributed by atoms with Crippen LogP contribution in [0.1, 0.15) is 24.0 Å². The predicted molar refractivity (Wildman–Crippen MR) is 109 cm³/mol. The molecule has 3 rings (SSSR count). The molecule has 4 nitrogen and oxygen atoms in total. The van der Waals surface area contributed by atoms with Crippen LogP contribution in [0.5, 0.6) is 0 Å². The minimum atomic E-state index is -0.102. The van der Waals surface area contributed by atoms with E-state index in [-0.39, 0.29) is 5.82 Å². The number of hydrogen-bond acceptors (Lipinski definition) is 2. The standard InChI is InChI=1S/C22H29FN4/c1-24-22(25-15-18-7-3-2-4-8-18)26-16-19-11-13-27(14-12-19)17-20-9-5-6-10-21(20)23/h2-10,19H,11-17H2,1H3,(H2,24,25,26). The molecule has 0 saturated carbocycles. The van der Waals surface area contributed by atoms with Crippen molar-refractivity contribution in [3.05, 3.63) is 71.5 Å². The summed E-state index contributed by atoms with van der Waals surface area (Å²) in [4.78, 5) is 6.65. The largest absolute Gasteiger partial charge is 0.356 e. The third-order valence-electron chi connectivity index (χ3n) is 5.14. The first-order valence-electron chi connectivity index (χ1n) is 9.69. The summed E-state index contributed by atoms with van der Waals surface area (Å²) in [5, 5.41) is 6.80. The van der Waals surface area contributed by atoms with Crippen LogP contribution in [0.2, 0.25) is 0 Å². The summed E-state index contributed by atoms with van der Waals surface area (Å²) in [5.41, 5.74) is 2.03. The Labute approximate surface area is 161 Å². The van der Waals surface area contributed by atoms with Gasteiger partial charge < -0.3 is 10.6 Å². The minimum Gasteiger partial charge on any atom is -0.356 e. The maximum absolute atomic E-state index is 13.8. The molecule has 0 radical (unpaired) electrons. The van der Waals surface area contributed by atoms with Crippen LogP contribution in [0.4, 0.5) is 4.39 Å². The molecule has 0 bridgehead atoms. The molecule has 27 heavy (non-hydrogen) atoms. The van der Waals surface area contributed by atoms with Gasteiger partial charge in [-0.3, -0.25) is 9.89 Å². The fourth-order valence-electron chi connectivity index (χ4n) is 3.46. The molecule has 2 aromatic carbocycles. The Morgan fingerprint density at radius 3 is 2.44 bits per heavy atom. The zero-order valence-corrected chi connectivity index (χ0v) is 16.0. The molecule has 1 saturated heterocycles. The fraction of sp³-hybridized carbons (Fsp3) is 0.409. The van der Waals surface area contributed by atoms with Crippen molar-refractivity contribution in [3.8, 4) is 0 Å². The fourth-order valence-corrected chi connectivity index (χ4v) is 3.46. The van der Waals surface area contributed by atoms with E-state index in [9.17, 15) is 4.39 Å². The van der Waals surface area contributed by atoms with Gasteiger partial charge in [0.2, 0.25) is 0 Å². The second-order valence-electron chi connectivity index (χ2n) is 7.10. The zero-order valence-electron chi connectivity index (χ0n) is 16.0. The van der Waals surface area contributed by atoms with Crippen molar-refractivity contribution in [2.75, 3.05) is 26.7 Å². The van der Waals surface area contributed by atoms with E-state index in [0.29, 0.717) is 12.5 Å². The van der Waals surface area contributed by atoms with Crippen LogP contribution in [0, 0.1) is 11.7 Å². The Morgan fingerprint density at radius 1 is 1.04 bits per heavy atom. The van der Waals surface area contributed by atoms with E-state index >= 15 is 0 Å². The molecular weight excluding hydrogens is 339 g/mol. The maximum Gasteiger partial charge on any atom is 0.191 e. The van der Waals surface area contributed by atoms with Crippen molar-refractivity contribution in [2.45, 2.75) is 25.9 Å². The quantitative estimate of drug-likeness (QED) is 0.606. The monoisotopic (exact) mass is 368 g/mol. The highest BCUT2D eigenvalue weighted by Crippen LogP contribution is 2.19. The van der Waals surface area contributed by atoms with Gasteiger partial charge in [-0.1, -0.05) is 48.5 Å². The van der Waals surface area contributed by atoms with Gasteiger partial charge in [0.05, 0.1) is 0 Å². The van der Waals surface area contributed by atoms with E-state index in [0.717, 1.165) is 50.5 Å². The topological polar surface area (TPSA) is 39.7 Å². The molecule has 0 unspecified atom stereocenters. The smallest absolute Gasteiger partial charge is 0.191 e. The lowest BCUT2D eigenvalue weighted by Crippen LogP contribution is -2.42. The summed E-state index contributed by atoms with van der Waals surface area (Å²) in [6.45, 7) is 4.41. The highest BCUT2D eigenvalue weighted by atomic mass is 19.1. The van der Waals surface area contributed by atoms with Gasteiger partial charge in [0, 0.05) is 32.2 Å². The summed E-state index contributed by atoms with van der Waals surface area (Å²) in [6.07, 6.45) is 2.24. The maximum atomic E-state index is 13.8. The number of guanidine groups is 1. The molecule has 2 aromatic rings. The van der Waals surface area contributed by atoms with Gasteiger partial charge in [0.25, 0.3) is 0 Å². The molecule has 0 spiro atoms. The number of rotatable bonds is 6. The molecule has 1 heterocycles. The van der Waals surface area contributed by atoms with Crippen molar-refractivity contribution in [1.82, 2.24) is 15.5 Å². The Bertz CT molecular complexity index is 724. The Kier molecular flexibility index (Phi) is 7.22. The SMILES string of the molecule is CN=C(NCc1ccccc1)NCC1CCN(Cc2ccccc2F)CC1. The van der Waals surface area contributed by atoms with Crippen LogP contribution in [-0.4, -0.2) is 37.5 Å². The number of aliphatic imine (C=N–C) groups is 1. The Balaban J connectivity index is 1.38. The average molecular weight is 369 g/mol. The highest BCUT2D eigenvalue weighted by Gasteiger charge is 2.20. The summed E-state index contributed by atoms with van der Waals surface area (Å²) in [7, 11) is 1.80. The first kappa shape index (κ1) is 19.4. The van der Waals surface area contributed by atoms with Crippen LogP contribution >= 0.6 is 0 Å². The van der Waals surface area contributed by atoms with Crippen molar-refractivity contribution in [2.24, 2.45) is 10.9 Å². The first-order chi connectivity index (χ1) is 13.2. The third kappa shape index (κ3) is 6.07. The van der Waals surface area contributed by atoms with Gasteiger partial charge in [-0.05, 0) is 43.5 Å². The number of hydrogen-bond donors (Lipinski definition) is 2. The normalized spacial score (nSPS) is 16.3. The van der Waals surface area contributed by atoms with E-state index in [4.69, 9.17) is 0 Å². The Morgan fingerprint density at radius 2 is 1.74 bits per heavy atom. The minimum absolute atomic E-state index is 0.102. The van der Waals surface area contributed by atoms with Crippen LogP contribution in [0.15, 0.2) is 59.6 Å². The molecule has 0 aliphatic carbocycles. The van der Waals surface area contributed by atoms with Gasteiger partial charge in [-0.2, -0.15) is 0 Å². The van der Waals surface area contributed by atoms with E-state index in [1.807, 2.05) is 30.3 Å². The number of likely N-dealkylation sites (tertiary alicyclic amines) is 1. The molecule has 1 aliphatic heterocycles. The summed E-state index contributed by atoms with van der Waals surface area (Å²) in [6, 6.07) is 17.4. The molecule has 0 atom stereocenters. The highest BCUT2D eigenvalue weighted by molar-refractivity contribution is 5.79. The van der Waals surface area contributed by atoms with Gasteiger partial charge in [0.15, 0.2) is 5.96 Å². The van der Waals surface area contributed by atoms with E-state index in [2.05, 4.69) is 32.7 Å². The molecule has 2 N–H and O–H groups in total.